The Morgan fingerprint density at radius 2 is 2.10 bits per heavy atom. The molecule has 2 aliphatic heterocycles. The van der Waals surface area contributed by atoms with E-state index in [1.54, 1.807) is 11.6 Å². The van der Waals surface area contributed by atoms with E-state index in [4.69, 9.17) is 0 Å². The highest BCUT2D eigenvalue weighted by Crippen LogP contribution is 2.25. The summed E-state index contributed by atoms with van der Waals surface area (Å²) >= 11 is 0. The van der Waals surface area contributed by atoms with Crippen LogP contribution in [-0.2, 0) is 26.6 Å². The van der Waals surface area contributed by atoms with Gasteiger partial charge in [0, 0.05) is 38.8 Å². The molecule has 10 heteroatoms. The number of carbonyl (C=O) groups is 2. The molecular weight excluding hydrogens is 300 g/mol. The molecule has 3 rings (SSSR count). The SMILES string of the molecule is Cn1cnc(S(=O)(=O)N2CC(CN3C(=O)COC3=O)C2)c1. The number of rotatable bonds is 4. The summed E-state index contributed by atoms with van der Waals surface area (Å²) in [5.41, 5.74) is 0. The van der Waals surface area contributed by atoms with Gasteiger partial charge in [-0.2, -0.15) is 4.31 Å². The first-order valence-corrected chi connectivity index (χ1v) is 7.77. The molecule has 2 saturated heterocycles. The molecule has 1 aromatic rings. The monoisotopic (exact) mass is 314 g/mol. The molecule has 0 atom stereocenters. The summed E-state index contributed by atoms with van der Waals surface area (Å²) in [7, 11) is -1.90. The molecule has 1 aromatic heterocycles. The first-order valence-electron chi connectivity index (χ1n) is 6.33. The van der Waals surface area contributed by atoms with E-state index in [0.29, 0.717) is 0 Å². The van der Waals surface area contributed by atoms with Crippen molar-refractivity contribution >= 4 is 22.0 Å². The van der Waals surface area contributed by atoms with Crippen LogP contribution in [0.5, 0.6) is 0 Å². The topological polar surface area (TPSA) is 102 Å². The number of sulfonamides is 1. The van der Waals surface area contributed by atoms with Crippen molar-refractivity contribution in [2.45, 2.75) is 5.03 Å². The molecule has 0 saturated carbocycles. The summed E-state index contributed by atoms with van der Waals surface area (Å²) in [6, 6.07) is 0. The fourth-order valence-electron chi connectivity index (χ4n) is 2.30. The van der Waals surface area contributed by atoms with Crippen molar-refractivity contribution in [1.82, 2.24) is 18.8 Å². The number of amides is 2. The number of aryl methyl sites for hydroxylation is 1. The quantitative estimate of drug-likeness (QED) is 0.708. The van der Waals surface area contributed by atoms with Crippen molar-refractivity contribution in [3.63, 3.8) is 0 Å². The van der Waals surface area contributed by atoms with E-state index in [-0.39, 0.29) is 43.1 Å². The van der Waals surface area contributed by atoms with Gasteiger partial charge in [0.15, 0.2) is 11.6 Å². The van der Waals surface area contributed by atoms with Crippen LogP contribution in [-0.4, -0.2) is 65.4 Å². The third-order valence-electron chi connectivity index (χ3n) is 3.49. The van der Waals surface area contributed by atoms with E-state index in [0.717, 1.165) is 4.90 Å². The van der Waals surface area contributed by atoms with Gasteiger partial charge in [-0.05, 0) is 0 Å². The van der Waals surface area contributed by atoms with E-state index < -0.39 is 16.1 Å². The minimum Gasteiger partial charge on any atom is -0.439 e. The van der Waals surface area contributed by atoms with Crippen LogP contribution in [0, 0.1) is 5.92 Å². The Labute approximate surface area is 121 Å². The van der Waals surface area contributed by atoms with Gasteiger partial charge < -0.3 is 9.30 Å². The molecule has 0 aromatic carbocycles. The molecule has 0 spiro atoms. The van der Waals surface area contributed by atoms with Crippen LogP contribution in [0.25, 0.3) is 0 Å². The summed E-state index contributed by atoms with van der Waals surface area (Å²) in [4.78, 5) is 27.6. The maximum absolute atomic E-state index is 12.2. The second-order valence-corrected chi connectivity index (χ2v) is 7.01. The fourth-order valence-corrected chi connectivity index (χ4v) is 3.86. The third kappa shape index (κ3) is 2.40. The van der Waals surface area contributed by atoms with Gasteiger partial charge in [-0.1, -0.05) is 0 Å². The van der Waals surface area contributed by atoms with Gasteiger partial charge >= 0.3 is 6.09 Å². The number of nitrogens with zero attached hydrogens (tertiary/aromatic N) is 4. The maximum atomic E-state index is 12.2. The molecule has 0 aliphatic carbocycles. The van der Waals surface area contributed by atoms with Crippen LogP contribution < -0.4 is 0 Å². The number of hydrogen-bond acceptors (Lipinski definition) is 6. The first kappa shape index (κ1) is 14.0. The van der Waals surface area contributed by atoms with E-state index in [9.17, 15) is 18.0 Å². The smallest absolute Gasteiger partial charge is 0.417 e. The van der Waals surface area contributed by atoms with Crippen molar-refractivity contribution < 1.29 is 22.7 Å². The number of cyclic esters (lactones) is 1. The average Bonchev–Trinajstić information content (AvgIpc) is 2.92. The summed E-state index contributed by atoms with van der Waals surface area (Å²) in [5.74, 6) is -0.455. The molecule has 2 fully saturated rings. The Balaban J connectivity index is 1.61. The van der Waals surface area contributed by atoms with E-state index >= 15 is 0 Å². The van der Waals surface area contributed by atoms with Gasteiger partial charge in [0.2, 0.25) is 0 Å². The van der Waals surface area contributed by atoms with Crippen molar-refractivity contribution in [2.75, 3.05) is 26.2 Å². The largest absolute Gasteiger partial charge is 0.439 e. The van der Waals surface area contributed by atoms with Crippen molar-refractivity contribution in [3.8, 4) is 0 Å². The molecule has 0 radical (unpaired) electrons. The molecule has 114 valence electrons. The predicted octanol–water partition coefficient (Wildman–Crippen LogP) is -0.981. The van der Waals surface area contributed by atoms with Crippen molar-refractivity contribution in [3.05, 3.63) is 12.5 Å². The van der Waals surface area contributed by atoms with E-state index in [1.165, 1.54) is 16.8 Å². The molecule has 9 nitrogen and oxygen atoms in total. The van der Waals surface area contributed by atoms with Gasteiger partial charge in [-0.25, -0.2) is 23.1 Å². The molecule has 0 unspecified atom stereocenters. The highest BCUT2D eigenvalue weighted by molar-refractivity contribution is 7.89. The number of imide groups is 1. The Morgan fingerprint density at radius 3 is 2.62 bits per heavy atom. The Kier molecular flexibility index (Phi) is 3.21. The molecular formula is C11H14N4O5S. The number of ether oxygens (including phenoxy) is 1. The van der Waals surface area contributed by atoms with Gasteiger partial charge in [-0.3, -0.25) is 4.79 Å². The second kappa shape index (κ2) is 4.81. The first-order chi connectivity index (χ1) is 9.88. The molecule has 0 bridgehead atoms. The average molecular weight is 314 g/mol. The standard InChI is InChI=1S/C11H14N4O5S/c1-13-5-9(12-7-13)21(18,19)14-2-8(3-14)4-15-10(16)6-20-11(15)17/h5,7-8H,2-4,6H2,1H3. The second-order valence-electron chi connectivity index (χ2n) is 5.12. The van der Waals surface area contributed by atoms with Gasteiger partial charge in [0.05, 0.1) is 6.33 Å². The van der Waals surface area contributed by atoms with Crippen LogP contribution in [0.15, 0.2) is 17.6 Å². The fraction of sp³-hybridized carbons (Fsp3) is 0.545. The van der Waals surface area contributed by atoms with Crippen molar-refractivity contribution in [2.24, 2.45) is 13.0 Å². The number of carbonyl (C=O) groups excluding carboxylic acids is 2. The zero-order valence-electron chi connectivity index (χ0n) is 11.3. The summed E-state index contributed by atoms with van der Waals surface area (Å²) in [5, 5.41) is 0.000101. The van der Waals surface area contributed by atoms with E-state index in [1.807, 2.05) is 0 Å². The summed E-state index contributed by atoms with van der Waals surface area (Å²) < 4.78 is 31.9. The minimum atomic E-state index is -3.59. The van der Waals surface area contributed by atoms with Gasteiger partial charge in [-0.15, -0.1) is 0 Å². The molecule has 21 heavy (non-hydrogen) atoms. The van der Waals surface area contributed by atoms with Gasteiger partial charge in [0.1, 0.15) is 0 Å². The predicted molar refractivity (Wildman–Crippen MR) is 68.5 cm³/mol. The highest BCUT2D eigenvalue weighted by Gasteiger charge is 2.41. The van der Waals surface area contributed by atoms with Crippen LogP contribution in [0.2, 0.25) is 0 Å². The lowest BCUT2D eigenvalue weighted by atomic mass is 10.0. The van der Waals surface area contributed by atoms with Crippen LogP contribution in [0.3, 0.4) is 0 Å². The number of hydrogen-bond donors (Lipinski definition) is 0. The van der Waals surface area contributed by atoms with Crippen LogP contribution in [0.1, 0.15) is 0 Å². The molecule has 2 amide bonds. The molecule has 3 heterocycles. The lowest BCUT2D eigenvalue weighted by Crippen LogP contribution is -2.54. The number of imidazole rings is 1. The Bertz CT molecular complexity index is 675. The Hall–Kier alpha value is -1.94. The van der Waals surface area contributed by atoms with Crippen LogP contribution >= 0.6 is 0 Å². The molecule has 2 aliphatic rings. The maximum Gasteiger partial charge on any atom is 0.417 e. The van der Waals surface area contributed by atoms with Gasteiger partial charge in [0.25, 0.3) is 15.9 Å². The highest BCUT2D eigenvalue weighted by atomic mass is 32.2. The zero-order valence-corrected chi connectivity index (χ0v) is 12.1. The Morgan fingerprint density at radius 1 is 1.38 bits per heavy atom. The minimum absolute atomic E-state index is 0.000101. The third-order valence-corrected chi connectivity index (χ3v) is 5.21. The summed E-state index contributed by atoms with van der Waals surface area (Å²) in [6.07, 6.45) is 2.19. The normalized spacial score (nSPS) is 20.7. The van der Waals surface area contributed by atoms with Crippen molar-refractivity contribution in [1.29, 1.82) is 0 Å². The van der Waals surface area contributed by atoms with Crippen LogP contribution in [0.4, 0.5) is 4.79 Å². The lowest BCUT2D eigenvalue weighted by molar-refractivity contribution is -0.126. The molecule has 0 N–H and O–H groups in total. The zero-order chi connectivity index (χ0) is 15.2. The number of aromatic nitrogens is 2. The lowest BCUT2D eigenvalue weighted by Gasteiger charge is -2.38. The summed E-state index contributed by atoms with van der Waals surface area (Å²) in [6.45, 7) is 0.472. The van der Waals surface area contributed by atoms with E-state index in [2.05, 4.69) is 9.72 Å².